The van der Waals surface area contributed by atoms with Crippen LogP contribution in [0.4, 0.5) is 0 Å². The highest BCUT2D eigenvalue weighted by atomic mass is 79.9. The van der Waals surface area contributed by atoms with Crippen molar-refractivity contribution in [1.82, 2.24) is 0 Å². The van der Waals surface area contributed by atoms with Crippen molar-refractivity contribution in [3.8, 4) is 0 Å². The van der Waals surface area contributed by atoms with Gasteiger partial charge in [-0.05, 0) is 48.3 Å². The van der Waals surface area contributed by atoms with Gasteiger partial charge in [-0.1, -0.05) is 54.9 Å². The van der Waals surface area contributed by atoms with E-state index in [1.165, 1.54) is 23.1 Å². The van der Waals surface area contributed by atoms with Crippen molar-refractivity contribution in [1.29, 1.82) is 0 Å². The topological polar surface area (TPSA) is 0 Å². The molecule has 0 aliphatic heterocycles. The molecule has 1 rings (SSSR count). The van der Waals surface area contributed by atoms with Crippen LogP contribution in [0, 0.1) is 25.2 Å². The number of alkyl halides is 1. The Labute approximate surface area is 109 Å². The fourth-order valence-electron chi connectivity index (χ4n) is 2.01. The maximum Gasteiger partial charge on any atom is 0.00678 e. The number of aryl methyl sites for hydroxylation is 2. The highest BCUT2D eigenvalue weighted by molar-refractivity contribution is 9.09. The highest BCUT2D eigenvalue weighted by Gasteiger charge is 2.24. The van der Waals surface area contributed by atoms with Gasteiger partial charge in [-0.15, -0.1) is 0 Å². The summed E-state index contributed by atoms with van der Waals surface area (Å²) >= 11 is 3.66. The van der Waals surface area contributed by atoms with E-state index in [0.29, 0.717) is 11.3 Å². The van der Waals surface area contributed by atoms with Crippen molar-refractivity contribution in [2.24, 2.45) is 11.3 Å². The molecule has 0 saturated heterocycles. The van der Waals surface area contributed by atoms with Crippen LogP contribution in [0.25, 0.3) is 0 Å². The van der Waals surface area contributed by atoms with Crippen LogP contribution in [-0.2, 0) is 6.42 Å². The van der Waals surface area contributed by atoms with Crippen LogP contribution >= 0.6 is 15.9 Å². The van der Waals surface area contributed by atoms with E-state index in [-0.39, 0.29) is 0 Å². The molecule has 0 bridgehead atoms. The van der Waals surface area contributed by atoms with E-state index in [0.717, 1.165) is 5.33 Å². The van der Waals surface area contributed by atoms with Gasteiger partial charge in [-0.25, -0.2) is 0 Å². The van der Waals surface area contributed by atoms with Gasteiger partial charge in [0, 0.05) is 5.33 Å². The van der Waals surface area contributed by atoms with E-state index >= 15 is 0 Å². The van der Waals surface area contributed by atoms with Gasteiger partial charge >= 0.3 is 0 Å². The third-order valence-electron chi connectivity index (χ3n) is 3.51. The summed E-state index contributed by atoms with van der Waals surface area (Å²) < 4.78 is 0. The maximum absolute atomic E-state index is 3.66. The van der Waals surface area contributed by atoms with E-state index in [2.05, 4.69) is 68.7 Å². The van der Waals surface area contributed by atoms with Crippen molar-refractivity contribution in [2.45, 2.75) is 41.0 Å². The second-order valence-corrected chi connectivity index (χ2v) is 6.44. The Hall–Kier alpha value is -0.300. The average Bonchev–Trinajstić information content (AvgIpc) is 2.15. The van der Waals surface area contributed by atoms with Gasteiger partial charge in [0.15, 0.2) is 0 Å². The predicted octanol–water partition coefficient (Wildman–Crippen LogP) is 4.90. The first kappa shape index (κ1) is 13.8. The molecule has 0 nitrogen and oxygen atoms in total. The first-order chi connectivity index (χ1) is 7.36. The van der Waals surface area contributed by atoms with Crippen molar-refractivity contribution < 1.29 is 0 Å². The van der Waals surface area contributed by atoms with Crippen molar-refractivity contribution >= 4 is 15.9 Å². The van der Waals surface area contributed by atoms with Gasteiger partial charge in [-0.2, -0.15) is 0 Å². The van der Waals surface area contributed by atoms with E-state index in [9.17, 15) is 0 Å². The van der Waals surface area contributed by atoms with Gasteiger partial charge in [0.2, 0.25) is 0 Å². The van der Waals surface area contributed by atoms with Crippen molar-refractivity contribution in [2.75, 3.05) is 5.33 Å². The number of hydrogen-bond acceptors (Lipinski definition) is 0. The Morgan fingerprint density at radius 1 is 1.12 bits per heavy atom. The Kier molecular flexibility index (Phi) is 4.61. The molecule has 0 aliphatic rings. The zero-order chi connectivity index (χ0) is 12.3. The lowest BCUT2D eigenvalue weighted by Crippen LogP contribution is -2.24. The SMILES string of the molecule is Cc1cccc(C)c1CC(CBr)C(C)(C)C. The number of rotatable bonds is 3. The van der Waals surface area contributed by atoms with Gasteiger partial charge in [0.25, 0.3) is 0 Å². The summed E-state index contributed by atoms with van der Waals surface area (Å²) in [7, 11) is 0. The normalized spacial score (nSPS) is 13.9. The lowest BCUT2D eigenvalue weighted by atomic mass is 9.77. The Morgan fingerprint density at radius 3 is 2.00 bits per heavy atom. The summed E-state index contributed by atoms with van der Waals surface area (Å²) in [6, 6.07) is 6.58. The molecule has 16 heavy (non-hydrogen) atoms. The fourth-order valence-corrected chi connectivity index (χ4v) is 3.21. The van der Waals surface area contributed by atoms with Crippen LogP contribution in [-0.4, -0.2) is 5.33 Å². The van der Waals surface area contributed by atoms with Crippen LogP contribution < -0.4 is 0 Å². The van der Waals surface area contributed by atoms with Crippen molar-refractivity contribution in [3.05, 3.63) is 34.9 Å². The molecule has 0 radical (unpaired) electrons. The molecule has 0 aromatic heterocycles. The number of halogens is 1. The van der Waals surface area contributed by atoms with Crippen LogP contribution in [0.3, 0.4) is 0 Å². The predicted molar refractivity (Wildman–Crippen MR) is 76.4 cm³/mol. The Bertz CT molecular complexity index is 327. The van der Waals surface area contributed by atoms with Crippen LogP contribution in [0.2, 0.25) is 0 Å². The number of benzene rings is 1. The molecule has 0 N–H and O–H groups in total. The molecule has 1 aromatic carbocycles. The zero-order valence-electron chi connectivity index (χ0n) is 11.1. The third-order valence-corrected chi connectivity index (χ3v) is 4.29. The van der Waals surface area contributed by atoms with Gasteiger partial charge < -0.3 is 0 Å². The second-order valence-electron chi connectivity index (χ2n) is 5.79. The van der Waals surface area contributed by atoms with Gasteiger partial charge in [-0.3, -0.25) is 0 Å². The molecular weight excluding hydrogens is 260 g/mol. The lowest BCUT2D eigenvalue weighted by Gasteiger charge is -2.30. The minimum absolute atomic E-state index is 0.359. The van der Waals surface area contributed by atoms with Crippen LogP contribution in [0.5, 0.6) is 0 Å². The monoisotopic (exact) mass is 282 g/mol. The largest absolute Gasteiger partial charge is 0.0925 e. The van der Waals surface area contributed by atoms with Gasteiger partial charge in [0.1, 0.15) is 0 Å². The average molecular weight is 283 g/mol. The van der Waals surface area contributed by atoms with Crippen LogP contribution in [0.15, 0.2) is 18.2 Å². The van der Waals surface area contributed by atoms with E-state index in [1.807, 2.05) is 0 Å². The van der Waals surface area contributed by atoms with Crippen LogP contribution in [0.1, 0.15) is 37.5 Å². The fraction of sp³-hybridized carbons (Fsp3) is 0.600. The molecule has 1 unspecified atom stereocenters. The zero-order valence-corrected chi connectivity index (χ0v) is 12.7. The van der Waals surface area contributed by atoms with E-state index in [4.69, 9.17) is 0 Å². The molecular formula is C15H23Br. The minimum Gasteiger partial charge on any atom is -0.0925 e. The summed E-state index contributed by atoms with van der Waals surface area (Å²) in [5, 5.41) is 1.07. The first-order valence-electron chi connectivity index (χ1n) is 5.97. The first-order valence-corrected chi connectivity index (χ1v) is 7.09. The molecule has 0 amide bonds. The second kappa shape index (κ2) is 5.35. The summed E-state index contributed by atoms with van der Waals surface area (Å²) in [5.41, 5.74) is 4.74. The molecule has 1 aromatic rings. The lowest BCUT2D eigenvalue weighted by molar-refractivity contribution is 0.266. The quantitative estimate of drug-likeness (QED) is 0.692. The molecule has 0 heterocycles. The minimum atomic E-state index is 0.359. The van der Waals surface area contributed by atoms with E-state index < -0.39 is 0 Å². The smallest absolute Gasteiger partial charge is 0.00678 e. The summed E-state index contributed by atoms with van der Waals surface area (Å²) in [6.07, 6.45) is 1.17. The van der Waals surface area contributed by atoms with Gasteiger partial charge in [0.05, 0.1) is 0 Å². The molecule has 0 aliphatic carbocycles. The Balaban J connectivity index is 2.95. The Morgan fingerprint density at radius 2 is 1.62 bits per heavy atom. The standard InChI is InChI=1S/C15H23Br/c1-11-7-6-8-12(2)14(11)9-13(10-16)15(3,4)5/h6-8,13H,9-10H2,1-5H3. The summed E-state index contributed by atoms with van der Waals surface area (Å²) in [4.78, 5) is 0. The summed E-state index contributed by atoms with van der Waals surface area (Å²) in [6.45, 7) is 11.4. The molecule has 0 spiro atoms. The molecule has 0 saturated carbocycles. The number of hydrogen-bond donors (Lipinski definition) is 0. The van der Waals surface area contributed by atoms with Crippen molar-refractivity contribution in [3.63, 3.8) is 0 Å². The molecule has 1 atom stereocenters. The third kappa shape index (κ3) is 3.35. The maximum atomic E-state index is 3.66. The molecule has 90 valence electrons. The summed E-state index contributed by atoms with van der Waals surface area (Å²) in [5.74, 6) is 0.687. The highest BCUT2D eigenvalue weighted by Crippen LogP contribution is 2.32. The molecule has 0 fully saturated rings. The van der Waals surface area contributed by atoms with E-state index in [1.54, 1.807) is 0 Å². The molecule has 1 heteroatoms.